The van der Waals surface area contributed by atoms with E-state index in [9.17, 15) is 9.59 Å². The summed E-state index contributed by atoms with van der Waals surface area (Å²) in [5.41, 5.74) is 4.28. The van der Waals surface area contributed by atoms with Crippen molar-refractivity contribution in [1.29, 1.82) is 0 Å². The van der Waals surface area contributed by atoms with Gasteiger partial charge in [-0.1, -0.05) is 30.3 Å². The van der Waals surface area contributed by atoms with Crippen LogP contribution < -0.4 is 9.80 Å². The molecule has 0 amide bonds. The fourth-order valence-corrected chi connectivity index (χ4v) is 3.86. The number of nitrogens with zero attached hydrogens (tertiary/aromatic N) is 2. The number of carbonyl (C=O) groups is 2. The molecule has 0 spiro atoms. The number of hydrogen-bond acceptors (Lipinski definition) is 6. The second-order valence-corrected chi connectivity index (χ2v) is 7.85. The van der Waals surface area contributed by atoms with E-state index in [4.69, 9.17) is 9.47 Å². The van der Waals surface area contributed by atoms with E-state index in [2.05, 4.69) is 9.80 Å². The fraction of sp³-hybridized carbons (Fsp3) is 0.259. The van der Waals surface area contributed by atoms with Crippen LogP contribution >= 0.6 is 0 Å². The summed E-state index contributed by atoms with van der Waals surface area (Å²) in [6.45, 7) is 5.94. The molecular formula is C27H28N2O4. The molecule has 0 bridgehead atoms. The average molecular weight is 445 g/mol. The fourth-order valence-electron chi connectivity index (χ4n) is 3.86. The maximum absolute atomic E-state index is 12.3. The molecule has 1 saturated heterocycles. The van der Waals surface area contributed by atoms with Gasteiger partial charge in [0.05, 0.1) is 17.7 Å². The second-order valence-electron chi connectivity index (χ2n) is 7.85. The quantitative estimate of drug-likeness (QED) is 0.499. The summed E-state index contributed by atoms with van der Waals surface area (Å²) in [4.78, 5) is 28.8. The minimum atomic E-state index is -0.318. The largest absolute Gasteiger partial charge is 0.462 e. The van der Waals surface area contributed by atoms with E-state index in [0.717, 1.165) is 43.1 Å². The number of piperazine rings is 1. The first-order chi connectivity index (χ1) is 16.1. The summed E-state index contributed by atoms with van der Waals surface area (Å²) >= 11 is 0. The van der Waals surface area contributed by atoms with E-state index in [1.807, 2.05) is 78.9 Å². The second kappa shape index (κ2) is 10.7. The van der Waals surface area contributed by atoms with Gasteiger partial charge in [0.2, 0.25) is 0 Å². The van der Waals surface area contributed by atoms with Crippen LogP contribution in [0.3, 0.4) is 0 Å². The number of anilines is 2. The monoisotopic (exact) mass is 444 g/mol. The summed E-state index contributed by atoms with van der Waals surface area (Å²) in [6, 6.07) is 24.8. The van der Waals surface area contributed by atoms with Crippen molar-refractivity contribution in [3.63, 3.8) is 0 Å². The Kier molecular flexibility index (Phi) is 7.25. The van der Waals surface area contributed by atoms with Gasteiger partial charge in [-0.3, -0.25) is 0 Å². The molecule has 3 aromatic rings. The van der Waals surface area contributed by atoms with Crippen molar-refractivity contribution in [1.82, 2.24) is 0 Å². The minimum Gasteiger partial charge on any atom is -0.462 e. The number of rotatable bonds is 7. The Morgan fingerprint density at radius 2 is 1.12 bits per heavy atom. The Labute approximate surface area is 194 Å². The normalized spacial score (nSPS) is 13.5. The Morgan fingerprint density at radius 1 is 0.667 bits per heavy atom. The summed E-state index contributed by atoms with van der Waals surface area (Å²) < 4.78 is 10.5. The van der Waals surface area contributed by atoms with E-state index in [-0.39, 0.29) is 18.5 Å². The lowest BCUT2D eigenvalue weighted by molar-refractivity contribution is 0.0471. The van der Waals surface area contributed by atoms with Crippen LogP contribution in [0.4, 0.5) is 11.4 Å². The van der Waals surface area contributed by atoms with Gasteiger partial charge in [-0.25, -0.2) is 9.59 Å². The maximum Gasteiger partial charge on any atom is 0.338 e. The third-order valence-electron chi connectivity index (χ3n) is 5.70. The summed E-state index contributed by atoms with van der Waals surface area (Å²) in [5, 5.41) is 0. The zero-order valence-electron chi connectivity index (χ0n) is 18.8. The highest BCUT2D eigenvalue weighted by Crippen LogP contribution is 2.22. The smallest absolute Gasteiger partial charge is 0.338 e. The van der Waals surface area contributed by atoms with Gasteiger partial charge in [0, 0.05) is 37.6 Å². The molecule has 6 heteroatoms. The van der Waals surface area contributed by atoms with Crippen LogP contribution in [0.2, 0.25) is 0 Å². The summed E-state index contributed by atoms with van der Waals surface area (Å²) in [5.74, 6) is -0.609. The van der Waals surface area contributed by atoms with Crippen LogP contribution in [-0.4, -0.2) is 44.7 Å². The van der Waals surface area contributed by atoms with Crippen LogP contribution in [0.5, 0.6) is 0 Å². The van der Waals surface area contributed by atoms with Gasteiger partial charge in [0.15, 0.2) is 0 Å². The molecular weight excluding hydrogens is 416 g/mol. The van der Waals surface area contributed by atoms with Crippen molar-refractivity contribution >= 4 is 23.3 Å². The Morgan fingerprint density at radius 3 is 1.58 bits per heavy atom. The first-order valence-electron chi connectivity index (χ1n) is 11.2. The van der Waals surface area contributed by atoms with E-state index in [1.54, 1.807) is 6.92 Å². The molecule has 4 rings (SSSR count). The standard InChI is InChI=1S/C27H28N2O4/c1-2-32-26(30)22-8-12-24(13-9-22)28-16-18-29(19-17-28)25-14-10-23(11-15-25)27(31)33-20-21-6-4-3-5-7-21/h3-15H,2,16-20H2,1H3. The number of benzene rings is 3. The van der Waals surface area contributed by atoms with Crippen molar-refractivity contribution in [3.05, 3.63) is 95.6 Å². The zero-order chi connectivity index (χ0) is 23.0. The van der Waals surface area contributed by atoms with E-state index >= 15 is 0 Å². The molecule has 1 aliphatic rings. The third kappa shape index (κ3) is 5.71. The van der Waals surface area contributed by atoms with Crippen molar-refractivity contribution in [2.45, 2.75) is 13.5 Å². The zero-order valence-corrected chi connectivity index (χ0v) is 18.8. The van der Waals surface area contributed by atoms with Crippen LogP contribution in [0.1, 0.15) is 33.2 Å². The molecule has 0 saturated carbocycles. The molecule has 170 valence electrons. The highest BCUT2D eigenvalue weighted by Gasteiger charge is 2.18. The maximum atomic E-state index is 12.3. The predicted octanol–water partition coefficient (Wildman–Crippen LogP) is 4.55. The topological polar surface area (TPSA) is 59.1 Å². The van der Waals surface area contributed by atoms with Gasteiger partial charge in [-0.15, -0.1) is 0 Å². The minimum absolute atomic E-state index is 0.268. The highest BCUT2D eigenvalue weighted by molar-refractivity contribution is 5.90. The molecule has 0 radical (unpaired) electrons. The lowest BCUT2D eigenvalue weighted by Crippen LogP contribution is -2.46. The third-order valence-corrected chi connectivity index (χ3v) is 5.70. The molecule has 0 aliphatic carbocycles. The first-order valence-corrected chi connectivity index (χ1v) is 11.2. The molecule has 0 N–H and O–H groups in total. The lowest BCUT2D eigenvalue weighted by atomic mass is 10.1. The molecule has 1 aliphatic heterocycles. The molecule has 6 nitrogen and oxygen atoms in total. The molecule has 1 heterocycles. The molecule has 33 heavy (non-hydrogen) atoms. The predicted molar refractivity (Wildman–Crippen MR) is 129 cm³/mol. The summed E-state index contributed by atoms with van der Waals surface area (Å²) in [6.07, 6.45) is 0. The van der Waals surface area contributed by atoms with Gasteiger partial charge in [0.1, 0.15) is 6.61 Å². The van der Waals surface area contributed by atoms with Crippen LogP contribution in [0, 0.1) is 0 Å². The van der Waals surface area contributed by atoms with E-state index in [0.29, 0.717) is 17.7 Å². The van der Waals surface area contributed by atoms with Crippen LogP contribution in [0.25, 0.3) is 0 Å². The Balaban J connectivity index is 1.29. The number of esters is 2. The Bertz CT molecular complexity index is 1060. The number of carbonyl (C=O) groups excluding carboxylic acids is 2. The average Bonchev–Trinajstić information content (AvgIpc) is 2.88. The van der Waals surface area contributed by atoms with Gasteiger partial charge >= 0.3 is 11.9 Å². The molecule has 1 fully saturated rings. The van der Waals surface area contributed by atoms with E-state index in [1.165, 1.54) is 0 Å². The number of hydrogen-bond donors (Lipinski definition) is 0. The van der Waals surface area contributed by atoms with Gasteiger partial charge in [-0.2, -0.15) is 0 Å². The summed E-state index contributed by atoms with van der Waals surface area (Å²) in [7, 11) is 0. The molecule has 0 unspecified atom stereocenters. The molecule has 3 aromatic carbocycles. The number of ether oxygens (including phenoxy) is 2. The van der Waals surface area contributed by atoms with Gasteiger partial charge in [-0.05, 0) is 61.0 Å². The van der Waals surface area contributed by atoms with Crippen molar-refractivity contribution < 1.29 is 19.1 Å². The van der Waals surface area contributed by atoms with Gasteiger partial charge in [0.25, 0.3) is 0 Å². The molecule has 0 aromatic heterocycles. The van der Waals surface area contributed by atoms with Crippen LogP contribution in [0.15, 0.2) is 78.9 Å². The highest BCUT2D eigenvalue weighted by atomic mass is 16.5. The van der Waals surface area contributed by atoms with E-state index < -0.39 is 0 Å². The first kappa shape index (κ1) is 22.4. The Hall–Kier alpha value is -3.80. The van der Waals surface area contributed by atoms with Gasteiger partial charge < -0.3 is 19.3 Å². The SMILES string of the molecule is CCOC(=O)c1ccc(N2CCN(c3ccc(C(=O)OCc4ccccc4)cc3)CC2)cc1. The van der Waals surface area contributed by atoms with Crippen molar-refractivity contribution in [3.8, 4) is 0 Å². The van der Waals surface area contributed by atoms with Crippen molar-refractivity contribution in [2.75, 3.05) is 42.6 Å². The van der Waals surface area contributed by atoms with Crippen LogP contribution in [-0.2, 0) is 16.1 Å². The lowest BCUT2D eigenvalue weighted by Gasteiger charge is -2.37. The molecule has 0 atom stereocenters. The van der Waals surface area contributed by atoms with Crippen molar-refractivity contribution in [2.24, 2.45) is 0 Å².